The van der Waals surface area contributed by atoms with E-state index in [1.165, 1.54) is 13.2 Å². The number of hydrogen-bond donors (Lipinski definition) is 1. The van der Waals surface area contributed by atoms with Gasteiger partial charge in [-0.1, -0.05) is 11.6 Å². The van der Waals surface area contributed by atoms with Crippen molar-refractivity contribution in [3.05, 3.63) is 29.0 Å². The summed E-state index contributed by atoms with van der Waals surface area (Å²) < 4.78 is 6.06. The first-order chi connectivity index (χ1) is 8.13. The van der Waals surface area contributed by atoms with E-state index in [2.05, 4.69) is 15.5 Å². The molecule has 0 bridgehead atoms. The standard InChI is InChI=1S/C9H7ClN4O3/c1-17-7-3-2-5(4-6(7)10)14-8(9(15)16)11-12-13-14/h2-4H,1H3,(H,15,16). The van der Waals surface area contributed by atoms with Crippen LogP contribution < -0.4 is 4.74 Å². The molecule has 17 heavy (non-hydrogen) atoms. The summed E-state index contributed by atoms with van der Waals surface area (Å²) in [5.41, 5.74) is 0.443. The fourth-order valence-corrected chi connectivity index (χ4v) is 1.53. The lowest BCUT2D eigenvalue weighted by molar-refractivity contribution is 0.0680. The number of hydrogen-bond acceptors (Lipinski definition) is 5. The number of carboxylic acids is 1. The molecule has 0 unspecified atom stereocenters. The van der Waals surface area contributed by atoms with Gasteiger partial charge in [-0.15, -0.1) is 5.10 Å². The van der Waals surface area contributed by atoms with E-state index in [9.17, 15) is 4.79 Å². The number of carbonyl (C=O) groups is 1. The largest absolute Gasteiger partial charge is 0.495 e. The third-order valence-corrected chi connectivity index (χ3v) is 2.34. The van der Waals surface area contributed by atoms with E-state index < -0.39 is 5.97 Å². The van der Waals surface area contributed by atoms with Gasteiger partial charge in [0.05, 0.1) is 17.8 Å². The minimum absolute atomic E-state index is 0.286. The lowest BCUT2D eigenvalue weighted by Crippen LogP contribution is -2.09. The summed E-state index contributed by atoms with van der Waals surface area (Å²) >= 11 is 5.92. The summed E-state index contributed by atoms with van der Waals surface area (Å²) in [6.45, 7) is 0. The predicted molar refractivity (Wildman–Crippen MR) is 57.7 cm³/mol. The second-order valence-corrected chi connectivity index (χ2v) is 3.45. The Bertz CT molecular complexity index is 569. The number of nitrogens with zero attached hydrogens (tertiary/aromatic N) is 4. The van der Waals surface area contributed by atoms with Crippen molar-refractivity contribution < 1.29 is 14.6 Å². The Labute approximate surface area is 101 Å². The molecule has 1 aromatic heterocycles. The first-order valence-corrected chi connectivity index (χ1v) is 4.87. The molecule has 0 fully saturated rings. The Hall–Kier alpha value is -2.15. The number of halogens is 1. The highest BCUT2D eigenvalue weighted by Gasteiger charge is 2.16. The molecule has 0 saturated carbocycles. The maximum atomic E-state index is 10.8. The van der Waals surface area contributed by atoms with Gasteiger partial charge in [-0.25, -0.2) is 4.79 Å². The van der Waals surface area contributed by atoms with Crippen LogP contribution in [0.15, 0.2) is 18.2 Å². The molecule has 1 heterocycles. The van der Waals surface area contributed by atoms with E-state index >= 15 is 0 Å². The Morgan fingerprint density at radius 1 is 1.53 bits per heavy atom. The normalized spacial score (nSPS) is 10.2. The first-order valence-electron chi connectivity index (χ1n) is 4.49. The highest BCUT2D eigenvalue weighted by molar-refractivity contribution is 6.32. The van der Waals surface area contributed by atoms with Gasteiger partial charge >= 0.3 is 5.97 Å². The third-order valence-electron chi connectivity index (χ3n) is 2.04. The Morgan fingerprint density at radius 2 is 2.29 bits per heavy atom. The smallest absolute Gasteiger partial charge is 0.376 e. The molecule has 0 aliphatic rings. The molecular weight excluding hydrogens is 248 g/mol. The minimum atomic E-state index is -1.22. The summed E-state index contributed by atoms with van der Waals surface area (Å²) in [5.74, 6) is -1.02. The van der Waals surface area contributed by atoms with Crippen LogP contribution in [-0.4, -0.2) is 38.4 Å². The molecule has 0 saturated heterocycles. The molecule has 8 heteroatoms. The molecule has 2 aromatic rings. The van der Waals surface area contributed by atoms with Gasteiger partial charge in [0.15, 0.2) is 0 Å². The van der Waals surface area contributed by atoms with Gasteiger partial charge in [0.2, 0.25) is 0 Å². The van der Waals surface area contributed by atoms with Crippen LogP contribution in [0.3, 0.4) is 0 Å². The second-order valence-electron chi connectivity index (χ2n) is 3.04. The summed E-state index contributed by atoms with van der Waals surface area (Å²) in [6, 6.07) is 4.72. The van der Waals surface area contributed by atoms with E-state index in [1.807, 2.05) is 0 Å². The number of methoxy groups -OCH3 is 1. The van der Waals surface area contributed by atoms with E-state index in [-0.39, 0.29) is 5.82 Å². The predicted octanol–water partition coefficient (Wildman–Crippen LogP) is 1.02. The summed E-state index contributed by atoms with van der Waals surface area (Å²) in [6.07, 6.45) is 0. The third kappa shape index (κ3) is 2.04. The quantitative estimate of drug-likeness (QED) is 0.880. The van der Waals surface area contributed by atoms with Gasteiger partial charge in [-0.2, -0.15) is 4.68 Å². The van der Waals surface area contributed by atoms with Gasteiger partial charge in [0.1, 0.15) is 5.75 Å². The van der Waals surface area contributed by atoms with Gasteiger partial charge in [0, 0.05) is 0 Å². The lowest BCUT2D eigenvalue weighted by Gasteiger charge is -2.05. The number of ether oxygens (including phenoxy) is 1. The van der Waals surface area contributed by atoms with E-state index in [1.54, 1.807) is 12.1 Å². The van der Waals surface area contributed by atoms with Crippen LogP contribution >= 0.6 is 11.6 Å². The average Bonchev–Trinajstić information content (AvgIpc) is 2.77. The number of tetrazole rings is 1. The van der Waals surface area contributed by atoms with Crippen molar-refractivity contribution in [2.45, 2.75) is 0 Å². The number of benzene rings is 1. The molecule has 0 atom stereocenters. The molecule has 88 valence electrons. The highest BCUT2D eigenvalue weighted by Crippen LogP contribution is 2.26. The maximum absolute atomic E-state index is 10.8. The van der Waals surface area contributed by atoms with Crippen LogP contribution in [0.4, 0.5) is 0 Å². The molecule has 0 spiro atoms. The molecule has 0 radical (unpaired) electrons. The van der Waals surface area contributed by atoms with Crippen molar-refractivity contribution >= 4 is 17.6 Å². The molecular formula is C9H7ClN4O3. The number of rotatable bonds is 3. The first kappa shape index (κ1) is 11.3. The number of aromatic nitrogens is 4. The van der Waals surface area contributed by atoms with Crippen molar-refractivity contribution in [3.63, 3.8) is 0 Å². The number of carboxylic acid groups (broad SMARTS) is 1. The van der Waals surface area contributed by atoms with Crippen LogP contribution in [-0.2, 0) is 0 Å². The van der Waals surface area contributed by atoms with Crippen molar-refractivity contribution in [3.8, 4) is 11.4 Å². The monoisotopic (exact) mass is 254 g/mol. The highest BCUT2D eigenvalue weighted by atomic mass is 35.5. The minimum Gasteiger partial charge on any atom is -0.495 e. The molecule has 1 N–H and O–H groups in total. The Kier molecular flexibility index (Phi) is 2.92. The summed E-state index contributed by atoms with van der Waals surface area (Å²) in [4.78, 5) is 10.8. The molecule has 1 aromatic carbocycles. The SMILES string of the molecule is COc1ccc(-n2nnnc2C(=O)O)cc1Cl. The van der Waals surface area contributed by atoms with Crippen LogP contribution in [0.2, 0.25) is 5.02 Å². The van der Waals surface area contributed by atoms with Crippen molar-refractivity contribution in [1.82, 2.24) is 20.2 Å². The van der Waals surface area contributed by atoms with Crippen LogP contribution in [0, 0.1) is 0 Å². The van der Waals surface area contributed by atoms with E-state index in [0.717, 1.165) is 4.68 Å². The van der Waals surface area contributed by atoms with Gasteiger partial charge in [-0.05, 0) is 28.6 Å². The lowest BCUT2D eigenvalue weighted by atomic mass is 10.3. The van der Waals surface area contributed by atoms with Crippen molar-refractivity contribution in [2.75, 3.05) is 7.11 Å². The second kappa shape index (κ2) is 4.38. The molecule has 0 amide bonds. The van der Waals surface area contributed by atoms with Crippen LogP contribution in [0.5, 0.6) is 5.75 Å². The molecule has 0 aliphatic heterocycles. The maximum Gasteiger partial charge on any atom is 0.376 e. The van der Waals surface area contributed by atoms with Crippen molar-refractivity contribution in [2.24, 2.45) is 0 Å². The summed E-state index contributed by atoms with van der Waals surface area (Å²) in [7, 11) is 1.49. The van der Waals surface area contributed by atoms with Crippen LogP contribution in [0.1, 0.15) is 10.6 Å². The fourth-order valence-electron chi connectivity index (χ4n) is 1.28. The zero-order valence-corrected chi connectivity index (χ0v) is 9.42. The average molecular weight is 255 g/mol. The van der Waals surface area contributed by atoms with Gasteiger partial charge in [0.25, 0.3) is 5.82 Å². The Balaban J connectivity index is 2.50. The summed E-state index contributed by atoms with van der Waals surface area (Å²) in [5, 5.41) is 19.5. The molecule has 7 nitrogen and oxygen atoms in total. The van der Waals surface area contributed by atoms with Crippen molar-refractivity contribution in [1.29, 1.82) is 0 Å². The zero-order chi connectivity index (χ0) is 12.4. The van der Waals surface area contributed by atoms with E-state index in [4.69, 9.17) is 21.4 Å². The van der Waals surface area contributed by atoms with Crippen LogP contribution in [0.25, 0.3) is 5.69 Å². The topological polar surface area (TPSA) is 90.1 Å². The molecule has 2 rings (SSSR count). The van der Waals surface area contributed by atoms with Gasteiger partial charge < -0.3 is 9.84 Å². The molecule has 0 aliphatic carbocycles. The fraction of sp³-hybridized carbons (Fsp3) is 0.111. The number of aromatic carboxylic acids is 1. The van der Waals surface area contributed by atoms with Gasteiger partial charge in [-0.3, -0.25) is 0 Å². The Morgan fingerprint density at radius 3 is 2.88 bits per heavy atom. The zero-order valence-electron chi connectivity index (χ0n) is 8.66. The van der Waals surface area contributed by atoms with E-state index in [0.29, 0.717) is 16.5 Å².